The Morgan fingerprint density at radius 3 is 2.33 bits per heavy atom. The number of methoxy groups -OCH3 is 2. The highest BCUT2D eigenvalue weighted by atomic mass is 19.1. The predicted molar refractivity (Wildman–Crippen MR) is 116 cm³/mol. The molecule has 0 aromatic heterocycles. The van der Waals surface area contributed by atoms with Gasteiger partial charge in [-0.2, -0.15) is 0 Å². The zero-order valence-electron chi connectivity index (χ0n) is 16.9. The minimum atomic E-state index is -0.820. The van der Waals surface area contributed by atoms with Crippen molar-refractivity contribution >= 4 is 11.4 Å². The molecule has 4 rings (SSSR count). The molecule has 0 saturated carbocycles. The second kappa shape index (κ2) is 8.24. The summed E-state index contributed by atoms with van der Waals surface area (Å²) in [5, 5.41) is 16.6. The fourth-order valence-electron chi connectivity index (χ4n) is 3.80. The molecule has 0 bridgehead atoms. The smallest absolute Gasteiger partial charge is 0.142 e. The number of rotatable bonds is 7. The summed E-state index contributed by atoms with van der Waals surface area (Å²) in [7, 11) is 3.20. The summed E-state index contributed by atoms with van der Waals surface area (Å²) in [5.41, 5.74) is 3.76. The molecule has 3 aromatic carbocycles. The Labute approximate surface area is 175 Å². The fourth-order valence-corrected chi connectivity index (χ4v) is 3.80. The molecule has 0 aliphatic carbocycles. The number of nitrogens with one attached hydrogen (secondary N) is 2. The molecule has 1 aliphatic rings. The lowest BCUT2D eigenvalue weighted by Crippen LogP contribution is -2.40. The van der Waals surface area contributed by atoms with Crippen LogP contribution >= 0.6 is 0 Å². The van der Waals surface area contributed by atoms with E-state index >= 15 is 0 Å². The van der Waals surface area contributed by atoms with Gasteiger partial charge in [0.1, 0.15) is 23.0 Å². The number of hydrogen-bond acceptors (Lipinski definition) is 5. The van der Waals surface area contributed by atoms with E-state index in [4.69, 9.17) is 9.47 Å². The zero-order chi connectivity index (χ0) is 21.1. The number of aliphatic hydroxyl groups is 1. The quantitative estimate of drug-likeness (QED) is 0.545. The summed E-state index contributed by atoms with van der Waals surface area (Å²) in [6, 6.07) is 17.9. The van der Waals surface area contributed by atoms with Gasteiger partial charge in [0, 0.05) is 42.6 Å². The van der Waals surface area contributed by atoms with Crippen molar-refractivity contribution in [2.75, 3.05) is 31.5 Å². The molecule has 0 spiro atoms. The Morgan fingerprint density at radius 2 is 1.70 bits per heavy atom. The van der Waals surface area contributed by atoms with E-state index in [1.54, 1.807) is 32.4 Å². The summed E-state index contributed by atoms with van der Waals surface area (Å²) >= 11 is 0. The number of aliphatic hydroxyl groups excluding tert-OH is 1. The molecule has 1 atom stereocenters. The first-order valence-electron chi connectivity index (χ1n) is 9.71. The third kappa shape index (κ3) is 3.78. The van der Waals surface area contributed by atoms with Crippen molar-refractivity contribution < 1.29 is 19.0 Å². The van der Waals surface area contributed by atoms with Crippen LogP contribution in [0.25, 0.3) is 0 Å². The summed E-state index contributed by atoms with van der Waals surface area (Å²) in [4.78, 5) is 0. The minimum absolute atomic E-state index is 0.0577. The lowest BCUT2D eigenvalue weighted by Gasteiger charge is -2.33. The second-order valence-electron chi connectivity index (χ2n) is 7.17. The lowest BCUT2D eigenvalue weighted by molar-refractivity contribution is 0.300. The maximum atomic E-state index is 13.6. The van der Waals surface area contributed by atoms with E-state index in [2.05, 4.69) is 17.1 Å². The first-order valence-corrected chi connectivity index (χ1v) is 9.71. The van der Waals surface area contributed by atoms with Gasteiger partial charge < -0.3 is 25.2 Å². The second-order valence-corrected chi connectivity index (χ2v) is 7.17. The van der Waals surface area contributed by atoms with E-state index in [9.17, 15) is 9.50 Å². The van der Waals surface area contributed by atoms with Gasteiger partial charge >= 0.3 is 0 Å². The molecule has 30 heavy (non-hydrogen) atoms. The first kappa shape index (κ1) is 20.0. The third-order valence-corrected chi connectivity index (χ3v) is 5.25. The molecule has 1 radical (unpaired) electrons. The number of anilines is 2. The van der Waals surface area contributed by atoms with Gasteiger partial charge in [0.15, 0.2) is 0 Å². The highest BCUT2D eigenvalue weighted by molar-refractivity contribution is 5.73. The average Bonchev–Trinajstić information content (AvgIpc) is 3.14. The molecule has 5 nitrogen and oxygen atoms in total. The maximum Gasteiger partial charge on any atom is 0.142 e. The van der Waals surface area contributed by atoms with Crippen LogP contribution in [0.5, 0.6) is 11.5 Å². The van der Waals surface area contributed by atoms with E-state index in [0.29, 0.717) is 17.9 Å². The third-order valence-electron chi connectivity index (χ3n) is 5.25. The van der Waals surface area contributed by atoms with Crippen LogP contribution in [0.1, 0.15) is 16.7 Å². The normalized spacial score (nSPS) is 17.2. The average molecular weight is 407 g/mol. The maximum absolute atomic E-state index is 13.6. The van der Waals surface area contributed by atoms with Crippen LogP contribution in [0.15, 0.2) is 60.7 Å². The van der Waals surface area contributed by atoms with Gasteiger partial charge in [0.05, 0.1) is 14.2 Å². The van der Waals surface area contributed by atoms with Crippen molar-refractivity contribution in [2.45, 2.75) is 12.1 Å². The molecule has 6 heteroatoms. The van der Waals surface area contributed by atoms with E-state index in [-0.39, 0.29) is 12.4 Å². The van der Waals surface area contributed by atoms with Crippen molar-refractivity contribution in [3.8, 4) is 11.5 Å². The van der Waals surface area contributed by atoms with Crippen molar-refractivity contribution in [3.05, 3.63) is 89.6 Å². The van der Waals surface area contributed by atoms with Crippen molar-refractivity contribution in [2.24, 2.45) is 0 Å². The Kier molecular flexibility index (Phi) is 5.50. The summed E-state index contributed by atoms with van der Waals surface area (Å²) < 4.78 is 24.4. The van der Waals surface area contributed by atoms with Crippen LogP contribution in [-0.4, -0.2) is 25.9 Å². The largest absolute Gasteiger partial charge is 0.497 e. The van der Waals surface area contributed by atoms with E-state index < -0.39 is 5.66 Å². The molecule has 3 aromatic rings. The van der Waals surface area contributed by atoms with Crippen molar-refractivity contribution in [1.82, 2.24) is 0 Å². The number of ether oxygens (including phenoxy) is 2. The number of benzene rings is 3. The van der Waals surface area contributed by atoms with Crippen molar-refractivity contribution in [3.63, 3.8) is 0 Å². The highest BCUT2D eigenvalue weighted by Crippen LogP contribution is 2.44. The SMILES string of the molecule is COc1cc(NC2(c3ccc(F)cc3)[CH]c3cccc(CCO)c3N2)cc(OC)c1. The summed E-state index contributed by atoms with van der Waals surface area (Å²) in [5.74, 6) is 1.01. The summed E-state index contributed by atoms with van der Waals surface area (Å²) in [6.45, 7) is 0.0577. The van der Waals surface area contributed by atoms with Crippen LogP contribution in [0, 0.1) is 12.2 Å². The Bertz CT molecular complexity index is 1020. The Hall–Kier alpha value is -3.25. The molecule has 155 valence electrons. The number of hydrogen-bond donors (Lipinski definition) is 3. The summed E-state index contributed by atoms with van der Waals surface area (Å²) in [6.07, 6.45) is 2.61. The molecule has 0 fully saturated rings. The molecular weight excluding hydrogens is 383 g/mol. The van der Waals surface area contributed by atoms with E-state index in [0.717, 1.165) is 28.1 Å². The van der Waals surface area contributed by atoms with Gasteiger partial charge in [0.2, 0.25) is 0 Å². The van der Waals surface area contributed by atoms with Gasteiger partial charge in [-0.25, -0.2) is 4.39 Å². The van der Waals surface area contributed by atoms with E-state index in [1.165, 1.54) is 12.1 Å². The molecule has 0 saturated heterocycles. The predicted octanol–water partition coefficient (Wildman–Crippen LogP) is 4.32. The number of fused-ring (bicyclic) bond motifs is 1. The molecule has 3 N–H and O–H groups in total. The van der Waals surface area contributed by atoms with Crippen LogP contribution in [-0.2, 0) is 12.1 Å². The van der Waals surface area contributed by atoms with Crippen molar-refractivity contribution in [1.29, 1.82) is 0 Å². The molecular formula is C24H24FN2O3. The van der Waals surface area contributed by atoms with E-state index in [1.807, 2.05) is 30.3 Å². The van der Waals surface area contributed by atoms with Gasteiger partial charge in [-0.15, -0.1) is 0 Å². The monoisotopic (exact) mass is 407 g/mol. The number of para-hydroxylation sites is 1. The van der Waals surface area contributed by atoms with Gasteiger partial charge in [-0.1, -0.05) is 30.3 Å². The van der Waals surface area contributed by atoms with Crippen LogP contribution in [0.2, 0.25) is 0 Å². The lowest BCUT2D eigenvalue weighted by atomic mass is 9.94. The fraction of sp³-hybridized carbons (Fsp3) is 0.208. The van der Waals surface area contributed by atoms with Crippen LogP contribution in [0.3, 0.4) is 0 Å². The van der Waals surface area contributed by atoms with Gasteiger partial charge in [0.25, 0.3) is 0 Å². The highest BCUT2D eigenvalue weighted by Gasteiger charge is 2.40. The molecule has 1 heterocycles. The first-order chi connectivity index (χ1) is 14.6. The minimum Gasteiger partial charge on any atom is -0.497 e. The van der Waals surface area contributed by atoms with Gasteiger partial charge in [-0.3, -0.25) is 0 Å². The molecule has 1 unspecified atom stereocenters. The number of halogens is 1. The van der Waals surface area contributed by atoms with Gasteiger partial charge in [-0.05, 0) is 35.2 Å². The Morgan fingerprint density at radius 1 is 1.00 bits per heavy atom. The topological polar surface area (TPSA) is 62.8 Å². The molecule has 1 aliphatic heterocycles. The van der Waals surface area contributed by atoms with Crippen LogP contribution in [0.4, 0.5) is 15.8 Å². The zero-order valence-corrected chi connectivity index (χ0v) is 16.9. The standard InChI is InChI=1S/C24H24FN2O3/c1-29-21-12-20(13-22(14-21)30-2)26-24(18-6-8-19(25)9-7-18)15-17-5-3-4-16(10-11-28)23(17)27-24/h3-9,12-15,26-28H,10-11H2,1-2H3. The van der Waals surface area contributed by atoms with Crippen LogP contribution < -0.4 is 20.1 Å². The molecule has 0 amide bonds. The Balaban J connectivity index is 1.79.